The van der Waals surface area contributed by atoms with Crippen LogP contribution in [0.5, 0.6) is 5.75 Å². The van der Waals surface area contributed by atoms with Crippen LogP contribution in [-0.2, 0) is 4.74 Å². The Morgan fingerprint density at radius 3 is 2.70 bits per heavy atom. The number of halogens is 1. The van der Waals surface area contributed by atoms with E-state index < -0.39 is 6.10 Å². The number of rotatable bonds is 15. The number of hydrogen-bond acceptors (Lipinski definition) is 6. The molecule has 7 heteroatoms. The Balaban J connectivity index is 1.65. The van der Waals surface area contributed by atoms with Crippen molar-refractivity contribution in [3.05, 3.63) is 83.4 Å². The Morgan fingerprint density at radius 2 is 2.02 bits per heavy atom. The zero-order valence-electron chi connectivity index (χ0n) is 24.2. The molecule has 0 bridgehead atoms. The predicted octanol–water partition coefficient (Wildman–Crippen LogP) is 7.80. The minimum atomic E-state index is -0.596. The lowest BCUT2D eigenvalue weighted by atomic mass is 10.0. The van der Waals surface area contributed by atoms with Gasteiger partial charge in [-0.05, 0) is 101 Å². The first-order chi connectivity index (χ1) is 19.3. The van der Waals surface area contributed by atoms with Crippen LogP contribution in [0.3, 0.4) is 0 Å². The molecule has 0 amide bonds. The van der Waals surface area contributed by atoms with Crippen LogP contribution in [0, 0.1) is 0 Å². The summed E-state index contributed by atoms with van der Waals surface area (Å²) in [6.45, 7) is 14.2. The molecule has 1 saturated heterocycles. The molecule has 1 aromatic heterocycles. The van der Waals surface area contributed by atoms with E-state index in [2.05, 4.69) is 29.4 Å². The van der Waals surface area contributed by atoms with Crippen LogP contribution < -0.4 is 0 Å². The monoisotopic (exact) mass is 568 g/mol. The fraction of sp³-hybridized carbons (Fsp3) is 0.455. The third-order valence-corrected chi connectivity index (χ3v) is 8.21. The number of aliphatic hydroxyl groups excluding tert-OH is 1. The summed E-state index contributed by atoms with van der Waals surface area (Å²) in [6, 6.07) is 7.50. The van der Waals surface area contributed by atoms with E-state index in [1.54, 1.807) is 42.5 Å². The molecular formula is C33H45FN2O3S. The van der Waals surface area contributed by atoms with E-state index in [4.69, 9.17) is 4.74 Å². The third kappa shape index (κ3) is 9.95. The van der Waals surface area contributed by atoms with Gasteiger partial charge in [0.15, 0.2) is 0 Å². The van der Waals surface area contributed by atoms with Crippen molar-refractivity contribution in [3.63, 3.8) is 0 Å². The van der Waals surface area contributed by atoms with Gasteiger partial charge in [0.2, 0.25) is 0 Å². The van der Waals surface area contributed by atoms with Gasteiger partial charge in [-0.2, -0.15) is 0 Å². The minimum Gasteiger partial charge on any atom is -0.508 e. The van der Waals surface area contributed by atoms with E-state index in [0.717, 1.165) is 59.0 Å². The second-order valence-electron chi connectivity index (χ2n) is 10.3. The van der Waals surface area contributed by atoms with Crippen LogP contribution in [0.15, 0.2) is 78.5 Å². The van der Waals surface area contributed by atoms with Gasteiger partial charge in [-0.1, -0.05) is 31.2 Å². The largest absolute Gasteiger partial charge is 0.508 e. The summed E-state index contributed by atoms with van der Waals surface area (Å²) in [7, 11) is 0. The highest BCUT2D eigenvalue weighted by Crippen LogP contribution is 2.35. The summed E-state index contributed by atoms with van der Waals surface area (Å²) in [5.41, 5.74) is 2.12. The number of phenolic OH excluding ortho intramolecular Hbond substituents is 1. The minimum absolute atomic E-state index is 0.249. The zero-order valence-corrected chi connectivity index (χ0v) is 25.1. The first-order valence-electron chi connectivity index (χ1n) is 14.4. The molecule has 40 heavy (non-hydrogen) atoms. The molecule has 1 unspecified atom stereocenters. The maximum Gasteiger partial charge on any atom is 0.150 e. The standard InChI is InChI=1S/C33H45FN2O3S/c1-5-12-27(33-24-28-23-30(38)14-15-32(28)40-33)22-29(21-25(3)37)36(6-2)18-11-8-13-31(26(4)34)39-20-19-35-16-9-7-10-17-35/h5,8,12-15,21,23-25,37-38H,1,6-7,9-11,16-20,22H2,2-4H3/b13-8-,27-12+,29-21+,31-26-. The van der Waals surface area contributed by atoms with Crippen LogP contribution >= 0.6 is 11.3 Å². The van der Waals surface area contributed by atoms with E-state index in [0.29, 0.717) is 25.2 Å². The first kappa shape index (κ1) is 31.7. The topological polar surface area (TPSA) is 56.2 Å². The van der Waals surface area contributed by atoms with Crippen molar-refractivity contribution in [2.45, 2.75) is 59.0 Å². The molecule has 0 spiro atoms. The molecule has 0 aliphatic carbocycles. The Bertz CT molecular complexity index is 1220. The summed E-state index contributed by atoms with van der Waals surface area (Å²) in [4.78, 5) is 5.73. The van der Waals surface area contributed by atoms with Gasteiger partial charge in [0, 0.05) is 41.3 Å². The summed E-state index contributed by atoms with van der Waals surface area (Å²) < 4.78 is 21.0. The van der Waals surface area contributed by atoms with Crippen LogP contribution in [0.4, 0.5) is 4.39 Å². The first-order valence-corrected chi connectivity index (χ1v) is 15.2. The number of piperidine rings is 1. The molecule has 2 aromatic rings. The lowest BCUT2D eigenvalue weighted by Crippen LogP contribution is -2.32. The van der Waals surface area contributed by atoms with Gasteiger partial charge >= 0.3 is 0 Å². The van der Waals surface area contributed by atoms with Crippen molar-refractivity contribution in [1.82, 2.24) is 9.80 Å². The maximum atomic E-state index is 14.1. The van der Waals surface area contributed by atoms with Gasteiger partial charge in [-0.3, -0.25) is 4.90 Å². The summed E-state index contributed by atoms with van der Waals surface area (Å²) in [6.07, 6.45) is 13.9. The maximum absolute atomic E-state index is 14.1. The number of thiophene rings is 1. The Labute approximate surface area is 243 Å². The normalized spacial score (nSPS) is 16.8. The molecular weight excluding hydrogens is 523 g/mol. The van der Waals surface area contributed by atoms with Crippen molar-refractivity contribution in [2.24, 2.45) is 0 Å². The summed E-state index contributed by atoms with van der Waals surface area (Å²) in [5, 5.41) is 21.1. The van der Waals surface area contributed by atoms with Crippen molar-refractivity contribution in [1.29, 1.82) is 0 Å². The molecule has 1 aliphatic heterocycles. The van der Waals surface area contributed by atoms with E-state index in [1.807, 2.05) is 24.3 Å². The smallest absolute Gasteiger partial charge is 0.150 e. The zero-order chi connectivity index (χ0) is 28.9. The molecule has 1 aromatic carbocycles. The average molecular weight is 569 g/mol. The molecule has 3 rings (SSSR count). The highest BCUT2D eigenvalue weighted by molar-refractivity contribution is 7.20. The SMILES string of the molecule is C=C/C=C(\C/C(=C\C(C)O)N(CC)CC/C=C\C(OCCN1CCCCC1)=C(/C)F)c1cc2cc(O)ccc2s1. The van der Waals surface area contributed by atoms with Gasteiger partial charge in [0.1, 0.15) is 23.9 Å². The number of phenols is 1. The third-order valence-electron chi connectivity index (χ3n) is 7.02. The van der Waals surface area contributed by atoms with E-state index >= 15 is 0 Å². The Kier molecular flexibility index (Phi) is 13.0. The number of allylic oxidation sites excluding steroid dienone is 5. The van der Waals surface area contributed by atoms with Gasteiger partial charge < -0.3 is 19.8 Å². The fourth-order valence-corrected chi connectivity index (χ4v) is 6.03. The Morgan fingerprint density at radius 1 is 1.25 bits per heavy atom. The van der Waals surface area contributed by atoms with Gasteiger partial charge in [0.25, 0.3) is 0 Å². The number of ether oxygens (including phenoxy) is 1. The van der Waals surface area contributed by atoms with Crippen molar-refractivity contribution < 1.29 is 19.3 Å². The molecule has 1 aliphatic rings. The van der Waals surface area contributed by atoms with Crippen molar-refractivity contribution in [2.75, 3.05) is 39.3 Å². The quantitative estimate of drug-likeness (QED) is 0.170. The number of benzene rings is 1. The molecule has 1 fully saturated rings. The fourth-order valence-electron chi connectivity index (χ4n) is 4.96. The van der Waals surface area contributed by atoms with Crippen molar-refractivity contribution in [3.8, 4) is 5.75 Å². The summed E-state index contributed by atoms with van der Waals surface area (Å²) in [5.74, 6) is 0.235. The molecule has 0 saturated carbocycles. The number of fused-ring (bicyclic) bond motifs is 1. The number of nitrogens with zero attached hydrogens (tertiary/aromatic N) is 2. The summed E-state index contributed by atoms with van der Waals surface area (Å²) >= 11 is 1.67. The second kappa shape index (κ2) is 16.4. The predicted molar refractivity (Wildman–Crippen MR) is 167 cm³/mol. The molecule has 2 heterocycles. The lowest BCUT2D eigenvalue weighted by Gasteiger charge is -2.27. The molecule has 2 N–H and O–H groups in total. The number of hydrogen-bond donors (Lipinski definition) is 2. The number of likely N-dealkylation sites (tertiary alicyclic amines) is 1. The molecule has 1 atom stereocenters. The van der Waals surface area contributed by atoms with E-state index in [-0.39, 0.29) is 11.6 Å². The van der Waals surface area contributed by atoms with Crippen LogP contribution in [0.25, 0.3) is 15.7 Å². The van der Waals surface area contributed by atoms with Gasteiger partial charge in [-0.25, -0.2) is 4.39 Å². The molecule has 218 valence electrons. The Hall–Kier alpha value is -2.87. The van der Waals surface area contributed by atoms with Gasteiger partial charge in [-0.15, -0.1) is 11.3 Å². The highest BCUT2D eigenvalue weighted by Gasteiger charge is 2.15. The van der Waals surface area contributed by atoms with Crippen LogP contribution in [0.1, 0.15) is 57.8 Å². The second-order valence-corrected chi connectivity index (χ2v) is 11.3. The lowest BCUT2D eigenvalue weighted by molar-refractivity contribution is 0.144. The highest BCUT2D eigenvalue weighted by atomic mass is 32.1. The number of aromatic hydroxyl groups is 1. The van der Waals surface area contributed by atoms with Crippen LogP contribution in [-0.4, -0.2) is 65.4 Å². The van der Waals surface area contributed by atoms with Crippen LogP contribution in [0.2, 0.25) is 0 Å². The van der Waals surface area contributed by atoms with E-state index in [9.17, 15) is 14.6 Å². The average Bonchev–Trinajstić information content (AvgIpc) is 3.35. The van der Waals surface area contributed by atoms with Crippen molar-refractivity contribution >= 4 is 27.0 Å². The molecule has 5 nitrogen and oxygen atoms in total. The molecule has 0 radical (unpaired) electrons. The number of aliphatic hydroxyl groups is 1. The van der Waals surface area contributed by atoms with E-state index in [1.165, 1.54) is 26.2 Å². The van der Waals surface area contributed by atoms with Gasteiger partial charge in [0.05, 0.1) is 6.10 Å².